The maximum Gasteiger partial charge on any atom is 0.253 e. The monoisotopic (exact) mass is 500 g/mol. The predicted octanol–water partition coefficient (Wildman–Crippen LogP) is 5.57. The smallest absolute Gasteiger partial charge is 0.253 e. The third-order valence-corrected chi connectivity index (χ3v) is 5.77. The number of amides is 3. The van der Waals surface area contributed by atoms with E-state index in [2.05, 4.69) is 29.8 Å². The molecule has 0 unspecified atom stereocenters. The summed E-state index contributed by atoms with van der Waals surface area (Å²) in [6.07, 6.45) is 2.90. The molecule has 0 saturated heterocycles. The number of aryl methyl sites for hydroxylation is 1. The summed E-state index contributed by atoms with van der Waals surface area (Å²) >= 11 is 0. The molecule has 3 amide bonds. The number of nitrogens with zero attached hydrogens (tertiary/aromatic N) is 1. The number of hydrogen-bond donors (Lipinski definition) is 3. The zero-order chi connectivity index (χ0) is 26.5. The zero-order valence-electron chi connectivity index (χ0n) is 21.6. The second kappa shape index (κ2) is 14.4. The summed E-state index contributed by atoms with van der Waals surface area (Å²) in [6, 6.07) is 24.1. The lowest BCUT2D eigenvalue weighted by Crippen LogP contribution is -2.32. The standard InChI is InChI=1S/C30H36N4O3/c1-3-19-34(20-4-2)30(37)24-11-8-12-27(21-24)31-22-29(36)33-26-16-14-25(15-17-26)32-28(35)18-13-23-9-6-5-7-10-23/h5-12,14-17,21,31H,3-4,13,18-20,22H2,1-2H3,(H,32,35)(H,33,36). The molecule has 0 atom stereocenters. The average molecular weight is 501 g/mol. The van der Waals surface area contributed by atoms with Crippen LogP contribution in [0.25, 0.3) is 0 Å². The molecule has 3 aromatic carbocycles. The van der Waals surface area contributed by atoms with Gasteiger partial charge in [0.2, 0.25) is 11.8 Å². The number of anilines is 3. The lowest BCUT2D eigenvalue weighted by molar-refractivity contribution is -0.116. The van der Waals surface area contributed by atoms with Gasteiger partial charge >= 0.3 is 0 Å². The van der Waals surface area contributed by atoms with Crippen molar-refractivity contribution in [2.45, 2.75) is 39.5 Å². The van der Waals surface area contributed by atoms with Gasteiger partial charge in [0, 0.05) is 42.1 Å². The van der Waals surface area contributed by atoms with Gasteiger partial charge in [-0.1, -0.05) is 50.2 Å². The second-order valence-electron chi connectivity index (χ2n) is 8.89. The number of hydrogen-bond acceptors (Lipinski definition) is 4. The minimum Gasteiger partial charge on any atom is -0.376 e. The van der Waals surface area contributed by atoms with Crippen molar-refractivity contribution in [1.29, 1.82) is 0 Å². The molecule has 7 nitrogen and oxygen atoms in total. The Bertz CT molecular complexity index is 1160. The van der Waals surface area contributed by atoms with E-state index in [1.54, 1.807) is 36.4 Å². The molecule has 0 fully saturated rings. The van der Waals surface area contributed by atoms with Crippen molar-refractivity contribution in [1.82, 2.24) is 4.90 Å². The molecule has 0 radical (unpaired) electrons. The van der Waals surface area contributed by atoms with Gasteiger partial charge < -0.3 is 20.9 Å². The summed E-state index contributed by atoms with van der Waals surface area (Å²) in [7, 11) is 0. The lowest BCUT2D eigenvalue weighted by Gasteiger charge is -2.21. The van der Waals surface area contributed by atoms with Crippen LogP contribution < -0.4 is 16.0 Å². The highest BCUT2D eigenvalue weighted by Crippen LogP contribution is 2.16. The van der Waals surface area contributed by atoms with Gasteiger partial charge in [-0.2, -0.15) is 0 Å². The number of nitrogens with one attached hydrogen (secondary N) is 3. The first-order valence-electron chi connectivity index (χ1n) is 12.9. The number of benzene rings is 3. The van der Waals surface area contributed by atoms with Gasteiger partial charge in [0.25, 0.3) is 5.91 Å². The van der Waals surface area contributed by atoms with Gasteiger partial charge in [-0.15, -0.1) is 0 Å². The topological polar surface area (TPSA) is 90.5 Å². The van der Waals surface area contributed by atoms with Gasteiger partial charge in [0.05, 0.1) is 6.54 Å². The third kappa shape index (κ3) is 9.11. The molecule has 0 aliphatic heterocycles. The molecular weight excluding hydrogens is 464 g/mol. The summed E-state index contributed by atoms with van der Waals surface area (Å²) in [5.74, 6) is -0.267. The minimum absolute atomic E-state index is 0.00375. The molecule has 3 N–H and O–H groups in total. The Kier molecular flexibility index (Phi) is 10.7. The lowest BCUT2D eigenvalue weighted by atomic mass is 10.1. The van der Waals surface area contributed by atoms with E-state index in [1.807, 2.05) is 47.4 Å². The van der Waals surface area contributed by atoms with Crippen LogP contribution in [0.3, 0.4) is 0 Å². The van der Waals surface area contributed by atoms with Crippen LogP contribution in [0.2, 0.25) is 0 Å². The van der Waals surface area contributed by atoms with Crippen molar-refractivity contribution >= 4 is 34.8 Å². The summed E-state index contributed by atoms with van der Waals surface area (Å²) in [6.45, 7) is 5.63. The van der Waals surface area contributed by atoms with Crippen molar-refractivity contribution < 1.29 is 14.4 Å². The molecule has 0 bridgehead atoms. The van der Waals surface area contributed by atoms with E-state index in [-0.39, 0.29) is 24.3 Å². The Balaban J connectivity index is 1.46. The highest BCUT2D eigenvalue weighted by atomic mass is 16.2. The molecular formula is C30H36N4O3. The molecule has 0 aromatic heterocycles. The first kappa shape index (κ1) is 27.5. The fraction of sp³-hybridized carbons (Fsp3) is 0.300. The molecule has 3 aromatic rings. The number of carbonyl (C=O) groups excluding carboxylic acids is 3. The largest absolute Gasteiger partial charge is 0.376 e. The van der Waals surface area contributed by atoms with Crippen molar-refractivity contribution in [2.24, 2.45) is 0 Å². The Hall–Kier alpha value is -4.13. The molecule has 0 spiro atoms. The minimum atomic E-state index is -0.213. The van der Waals surface area contributed by atoms with E-state index in [1.165, 1.54) is 0 Å². The molecule has 7 heteroatoms. The van der Waals surface area contributed by atoms with E-state index in [0.717, 1.165) is 31.5 Å². The molecule has 194 valence electrons. The Morgan fingerprint density at radius 3 is 1.95 bits per heavy atom. The van der Waals surface area contributed by atoms with Crippen molar-refractivity contribution in [3.8, 4) is 0 Å². The van der Waals surface area contributed by atoms with E-state index in [9.17, 15) is 14.4 Å². The Labute approximate surface area is 219 Å². The van der Waals surface area contributed by atoms with Crippen molar-refractivity contribution in [3.05, 3.63) is 90.0 Å². The predicted molar refractivity (Wildman–Crippen MR) is 150 cm³/mol. The molecule has 37 heavy (non-hydrogen) atoms. The van der Waals surface area contributed by atoms with Crippen molar-refractivity contribution in [2.75, 3.05) is 35.6 Å². The van der Waals surface area contributed by atoms with Gasteiger partial charge in [-0.05, 0) is 67.3 Å². The SMILES string of the molecule is CCCN(CCC)C(=O)c1cccc(NCC(=O)Nc2ccc(NC(=O)CCc3ccccc3)cc2)c1. The second-order valence-corrected chi connectivity index (χ2v) is 8.89. The van der Waals surface area contributed by atoms with Crippen LogP contribution in [0.15, 0.2) is 78.9 Å². The molecule has 0 heterocycles. The summed E-state index contributed by atoms with van der Waals surface area (Å²) in [4.78, 5) is 39.4. The maximum atomic E-state index is 12.8. The van der Waals surface area contributed by atoms with Crippen LogP contribution in [0.5, 0.6) is 0 Å². The molecule has 0 saturated carbocycles. The van der Waals surface area contributed by atoms with Crippen molar-refractivity contribution in [3.63, 3.8) is 0 Å². The highest BCUT2D eigenvalue weighted by molar-refractivity contribution is 5.96. The van der Waals surface area contributed by atoms with E-state index >= 15 is 0 Å². The van der Waals surface area contributed by atoms with Gasteiger partial charge in [-0.3, -0.25) is 14.4 Å². The summed E-state index contributed by atoms with van der Waals surface area (Å²) in [5, 5.41) is 8.81. The quantitative estimate of drug-likeness (QED) is 0.286. The van der Waals surface area contributed by atoms with Crippen LogP contribution in [-0.4, -0.2) is 42.3 Å². The molecule has 0 aliphatic carbocycles. The fourth-order valence-corrected chi connectivity index (χ4v) is 3.95. The molecule has 3 rings (SSSR count). The highest BCUT2D eigenvalue weighted by Gasteiger charge is 2.14. The fourth-order valence-electron chi connectivity index (χ4n) is 3.95. The van der Waals surface area contributed by atoms with Gasteiger partial charge in [0.1, 0.15) is 0 Å². The van der Waals surface area contributed by atoms with Crippen LogP contribution in [0.1, 0.15) is 49.0 Å². The molecule has 0 aliphatic rings. The van der Waals surface area contributed by atoms with E-state index in [0.29, 0.717) is 35.5 Å². The van der Waals surface area contributed by atoms with E-state index < -0.39 is 0 Å². The Morgan fingerprint density at radius 2 is 1.32 bits per heavy atom. The number of carbonyl (C=O) groups is 3. The van der Waals surface area contributed by atoms with Crippen LogP contribution >= 0.6 is 0 Å². The average Bonchev–Trinajstić information content (AvgIpc) is 2.92. The van der Waals surface area contributed by atoms with Gasteiger partial charge in [-0.25, -0.2) is 0 Å². The van der Waals surface area contributed by atoms with Crippen LogP contribution in [0.4, 0.5) is 17.1 Å². The zero-order valence-corrected chi connectivity index (χ0v) is 21.6. The first-order valence-corrected chi connectivity index (χ1v) is 12.9. The number of rotatable bonds is 13. The summed E-state index contributed by atoms with van der Waals surface area (Å²) in [5.41, 5.74) is 3.75. The van der Waals surface area contributed by atoms with Crippen LogP contribution in [0, 0.1) is 0 Å². The van der Waals surface area contributed by atoms with Crippen LogP contribution in [-0.2, 0) is 16.0 Å². The maximum absolute atomic E-state index is 12.8. The van der Waals surface area contributed by atoms with E-state index in [4.69, 9.17) is 0 Å². The summed E-state index contributed by atoms with van der Waals surface area (Å²) < 4.78 is 0. The third-order valence-electron chi connectivity index (χ3n) is 5.77. The first-order chi connectivity index (χ1) is 18.0. The Morgan fingerprint density at radius 1 is 0.703 bits per heavy atom. The normalized spacial score (nSPS) is 10.4. The van der Waals surface area contributed by atoms with Gasteiger partial charge in [0.15, 0.2) is 0 Å².